The van der Waals surface area contributed by atoms with E-state index >= 15 is 0 Å². The summed E-state index contributed by atoms with van der Waals surface area (Å²) < 4.78 is 35.4. The quantitative estimate of drug-likeness (QED) is 0.175. The van der Waals surface area contributed by atoms with Crippen molar-refractivity contribution >= 4 is 34.2 Å². The molecule has 5 aliphatic rings. The van der Waals surface area contributed by atoms with E-state index in [2.05, 4.69) is 33.1 Å². The van der Waals surface area contributed by atoms with Gasteiger partial charge < -0.3 is 31.4 Å². The summed E-state index contributed by atoms with van der Waals surface area (Å²) in [4.78, 5) is 0. The zero-order chi connectivity index (χ0) is 30.0. The molecule has 11 atom stereocenters. The first kappa shape index (κ1) is 33.9. The molecule has 3 aliphatic carbocycles. The van der Waals surface area contributed by atoms with Gasteiger partial charge in [-0.25, -0.2) is 0 Å². The Morgan fingerprint density at radius 2 is 0.952 bits per heavy atom. The van der Waals surface area contributed by atoms with Crippen molar-refractivity contribution in [3.8, 4) is 0 Å². The standard InChI is InChI=1S/C31H62O7Si4/c1-6-18-39(2)35-40(3,19-15-25-9-7-11-28(32)22-25)37-42(5,20-16-26-10-8-12-29(33)23-26)38-41(4,36-39)21-17-27-13-14-30-31(24-27)34-30/h25-33H,6-24H2,1-5H3. The Labute approximate surface area is 260 Å². The SMILES string of the molecule is CCC[Si]1(C)O[Si](C)(CCC2CCCC(O)C2)O[Si](C)(CCC2CCCC(O)C2)O[Si](C)(CCC2CCC3OC3C2)O1. The third-order valence-corrected chi connectivity index (χ3v) is 29.9. The van der Waals surface area contributed by atoms with Gasteiger partial charge >= 0.3 is 34.2 Å². The van der Waals surface area contributed by atoms with Crippen molar-refractivity contribution in [1.29, 1.82) is 0 Å². The molecule has 11 unspecified atom stereocenters. The van der Waals surface area contributed by atoms with Crippen LogP contribution in [0.4, 0.5) is 0 Å². The molecule has 42 heavy (non-hydrogen) atoms. The highest BCUT2D eigenvalue weighted by Crippen LogP contribution is 2.44. The fourth-order valence-electron chi connectivity index (χ4n) is 8.97. The molecule has 0 bridgehead atoms. The molecule has 2 heterocycles. The van der Waals surface area contributed by atoms with Crippen LogP contribution in [0.5, 0.6) is 0 Å². The van der Waals surface area contributed by atoms with Crippen LogP contribution in [0.25, 0.3) is 0 Å². The summed E-state index contributed by atoms with van der Waals surface area (Å²) in [5, 5.41) is 20.7. The van der Waals surface area contributed by atoms with Gasteiger partial charge in [0.05, 0.1) is 24.4 Å². The lowest BCUT2D eigenvalue weighted by atomic mass is 9.86. The molecule has 244 valence electrons. The van der Waals surface area contributed by atoms with E-state index in [0.29, 0.717) is 30.0 Å². The van der Waals surface area contributed by atoms with Gasteiger partial charge in [-0.3, -0.25) is 0 Å². The largest absolute Gasteiger partial charge is 0.416 e. The summed E-state index contributed by atoms with van der Waals surface area (Å²) in [6.07, 6.45) is 17.1. The smallest absolute Gasteiger partial charge is 0.317 e. The van der Waals surface area contributed by atoms with Gasteiger partial charge in [0, 0.05) is 0 Å². The molecular weight excluding hydrogens is 597 g/mol. The number of fused-ring (bicyclic) bond motifs is 1. The molecule has 0 aromatic heterocycles. The molecule has 5 fully saturated rings. The average molecular weight is 659 g/mol. The maximum Gasteiger partial charge on any atom is 0.317 e. The Bertz CT molecular complexity index is 856. The number of aliphatic hydroxyl groups is 2. The average Bonchev–Trinajstić information content (AvgIpc) is 3.68. The number of epoxide rings is 1. The van der Waals surface area contributed by atoms with E-state index < -0.39 is 34.2 Å². The van der Waals surface area contributed by atoms with Crippen molar-refractivity contribution in [2.75, 3.05) is 0 Å². The Kier molecular flexibility index (Phi) is 11.4. The highest BCUT2D eigenvalue weighted by atomic mass is 28.5. The number of hydrogen-bond donors (Lipinski definition) is 2. The molecule has 0 aromatic carbocycles. The third-order valence-electron chi connectivity index (χ3n) is 11.1. The first-order valence-corrected chi connectivity index (χ1v) is 27.8. The summed E-state index contributed by atoms with van der Waals surface area (Å²) in [6.45, 7) is 11.5. The van der Waals surface area contributed by atoms with Crippen molar-refractivity contribution in [2.24, 2.45) is 17.8 Å². The van der Waals surface area contributed by atoms with E-state index in [1.165, 1.54) is 32.1 Å². The Hall–Kier alpha value is 0.588. The lowest BCUT2D eigenvalue weighted by Crippen LogP contribution is -2.67. The van der Waals surface area contributed by atoms with Gasteiger partial charge in [-0.2, -0.15) is 0 Å². The second kappa shape index (κ2) is 14.1. The Morgan fingerprint density at radius 3 is 1.36 bits per heavy atom. The van der Waals surface area contributed by atoms with Crippen LogP contribution in [0.3, 0.4) is 0 Å². The summed E-state index contributed by atoms with van der Waals surface area (Å²) in [7, 11) is -10.3. The van der Waals surface area contributed by atoms with E-state index in [9.17, 15) is 10.2 Å². The molecule has 0 aromatic rings. The summed E-state index contributed by atoms with van der Waals surface area (Å²) in [5.41, 5.74) is 0. The van der Waals surface area contributed by atoms with Crippen LogP contribution >= 0.6 is 0 Å². The van der Waals surface area contributed by atoms with Gasteiger partial charge in [0.1, 0.15) is 0 Å². The highest BCUT2D eigenvalue weighted by molar-refractivity contribution is 6.93. The van der Waals surface area contributed by atoms with Crippen LogP contribution < -0.4 is 0 Å². The number of rotatable bonds is 11. The van der Waals surface area contributed by atoms with Crippen molar-refractivity contribution < 1.29 is 31.4 Å². The monoisotopic (exact) mass is 658 g/mol. The Balaban J connectivity index is 1.33. The molecule has 5 rings (SSSR count). The van der Waals surface area contributed by atoms with Gasteiger partial charge in [0.15, 0.2) is 0 Å². The lowest BCUT2D eigenvalue weighted by molar-refractivity contribution is 0.0981. The van der Waals surface area contributed by atoms with Gasteiger partial charge in [-0.1, -0.05) is 39.0 Å². The van der Waals surface area contributed by atoms with Crippen molar-refractivity contribution in [2.45, 2.75) is 178 Å². The summed E-state index contributed by atoms with van der Waals surface area (Å²) in [6, 6.07) is 3.90. The minimum atomic E-state index is -2.63. The van der Waals surface area contributed by atoms with Crippen LogP contribution in [-0.4, -0.2) is 68.9 Å². The first-order chi connectivity index (χ1) is 19.9. The molecule has 0 spiro atoms. The summed E-state index contributed by atoms with van der Waals surface area (Å²) in [5.74, 6) is 1.81. The fourth-order valence-corrected chi connectivity index (χ4v) is 32.7. The van der Waals surface area contributed by atoms with Crippen LogP contribution in [0.15, 0.2) is 0 Å². The Morgan fingerprint density at radius 1 is 0.524 bits per heavy atom. The van der Waals surface area contributed by atoms with Crippen LogP contribution in [0.2, 0.25) is 50.4 Å². The van der Waals surface area contributed by atoms with E-state index in [1.54, 1.807) is 0 Å². The second-order valence-corrected chi connectivity index (χ2v) is 29.9. The predicted molar refractivity (Wildman–Crippen MR) is 176 cm³/mol. The van der Waals surface area contributed by atoms with Crippen LogP contribution in [-0.2, 0) is 21.2 Å². The maximum atomic E-state index is 10.4. The number of aliphatic hydroxyl groups excluding tert-OH is 2. The maximum absolute atomic E-state index is 10.4. The van der Waals surface area contributed by atoms with Crippen molar-refractivity contribution in [3.63, 3.8) is 0 Å². The molecule has 7 nitrogen and oxygen atoms in total. The number of ether oxygens (including phenoxy) is 1. The van der Waals surface area contributed by atoms with Gasteiger partial charge in [0.25, 0.3) is 0 Å². The van der Waals surface area contributed by atoms with Crippen molar-refractivity contribution in [1.82, 2.24) is 0 Å². The first-order valence-electron chi connectivity index (χ1n) is 17.7. The van der Waals surface area contributed by atoms with Gasteiger partial charge in [0.2, 0.25) is 0 Å². The molecular formula is C31H62O7Si4. The molecule has 2 N–H and O–H groups in total. The second-order valence-electron chi connectivity index (χ2n) is 15.6. The zero-order valence-corrected chi connectivity index (χ0v) is 31.4. The molecule has 0 radical (unpaired) electrons. The normalized spacial score (nSPS) is 48.2. The number of hydrogen-bond acceptors (Lipinski definition) is 7. The van der Waals surface area contributed by atoms with Crippen molar-refractivity contribution in [3.05, 3.63) is 0 Å². The molecule has 11 heteroatoms. The topological polar surface area (TPSA) is 89.9 Å². The van der Waals surface area contributed by atoms with E-state index in [1.807, 2.05) is 0 Å². The molecule has 3 saturated carbocycles. The fraction of sp³-hybridized carbons (Fsp3) is 1.00. The highest BCUT2D eigenvalue weighted by Gasteiger charge is 2.57. The minimum absolute atomic E-state index is 0.150. The molecule has 2 aliphatic heterocycles. The predicted octanol–water partition coefficient (Wildman–Crippen LogP) is 7.60. The lowest BCUT2D eigenvalue weighted by Gasteiger charge is -2.51. The van der Waals surface area contributed by atoms with Gasteiger partial charge in [-0.15, -0.1) is 0 Å². The molecule has 0 amide bonds. The third kappa shape index (κ3) is 9.56. The zero-order valence-electron chi connectivity index (χ0n) is 27.4. The van der Waals surface area contributed by atoms with Crippen LogP contribution in [0, 0.1) is 17.8 Å². The van der Waals surface area contributed by atoms with E-state index in [4.69, 9.17) is 21.2 Å². The molecule has 2 saturated heterocycles. The van der Waals surface area contributed by atoms with E-state index in [-0.39, 0.29) is 12.2 Å². The summed E-state index contributed by atoms with van der Waals surface area (Å²) >= 11 is 0. The minimum Gasteiger partial charge on any atom is -0.416 e. The van der Waals surface area contributed by atoms with Gasteiger partial charge in [-0.05, 0) is 132 Å². The van der Waals surface area contributed by atoms with Crippen LogP contribution in [0.1, 0.15) is 103 Å². The van der Waals surface area contributed by atoms with E-state index in [0.717, 1.165) is 88.4 Å².